The summed E-state index contributed by atoms with van der Waals surface area (Å²) in [6.07, 6.45) is 17.8. The number of hydrogen-bond acceptors (Lipinski definition) is 2. The van der Waals surface area contributed by atoms with E-state index in [0.29, 0.717) is 18.1 Å². The van der Waals surface area contributed by atoms with Gasteiger partial charge in [0.2, 0.25) is 0 Å². The van der Waals surface area contributed by atoms with Gasteiger partial charge in [0.1, 0.15) is 0 Å². The lowest BCUT2D eigenvalue weighted by Gasteiger charge is -2.51. The van der Waals surface area contributed by atoms with Gasteiger partial charge in [0.25, 0.3) is 0 Å². The zero-order chi connectivity index (χ0) is 19.3. The van der Waals surface area contributed by atoms with Crippen molar-refractivity contribution in [2.75, 3.05) is 6.54 Å². The summed E-state index contributed by atoms with van der Waals surface area (Å²) in [6.45, 7) is 8.89. The Labute approximate surface area is 173 Å². The highest BCUT2D eigenvalue weighted by atomic mass is 16.5. The third-order valence-electron chi connectivity index (χ3n) is 10.6. The fraction of sp³-hybridized carbons (Fsp3) is 1.00. The standard InChI is InChI=1S/C26H45NO/c1-17-12-13-20-8-4-5-10-22(20)23(17)16-21-9-6-14-26(18(21)2)19(3)25-24(28-26)11-7-15-27-25/h17-25,27H,4-16H2,1-3H3/t17?,18-,19-,20?,21?,22?,23?,24-,25+,26+/m1/s1. The molecule has 2 heterocycles. The molecule has 2 saturated heterocycles. The molecule has 0 aromatic carbocycles. The molecule has 0 amide bonds. The van der Waals surface area contributed by atoms with Crippen LogP contribution in [-0.2, 0) is 4.74 Å². The Balaban J connectivity index is 1.33. The van der Waals surface area contributed by atoms with Crippen LogP contribution >= 0.6 is 0 Å². The highest BCUT2D eigenvalue weighted by molar-refractivity contribution is 5.09. The van der Waals surface area contributed by atoms with Gasteiger partial charge >= 0.3 is 0 Å². The van der Waals surface area contributed by atoms with Crippen molar-refractivity contribution in [3.8, 4) is 0 Å². The van der Waals surface area contributed by atoms with Crippen molar-refractivity contribution in [3.05, 3.63) is 0 Å². The average Bonchev–Trinajstić information content (AvgIpc) is 3.00. The smallest absolute Gasteiger partial charge is 0.0756 e. The highest BCUT2D eigenvalue weighted by Crippen LogP contribution is 2.56. The number of hydrogen-bond donors (Lipinski definition) is 1. The first kappa shape index (κ1) is 19.9. The molecule has 1 N–H and O–H groups in total. The Kier molecular flexibility index (Phi) is 5.59. The van der Waals surface area contributed by atoms with Crippen LogP contribution in [0.4, 0.5) is 0 Å². The molecule has 2 heteroatoms. The van der Waals surface area contributed by atoms with E-state index in [9.17, 15) is 0 Å². The topological polar surface area (TPSA) is 21.3 Å². The first-order valence-corrected chi connectivity index (χ1v) is 13.0. The minimum atomic E-state index is 0.166. The van der Waals surface area contributed by atoms with E-state index in [0.717, 1.165) is 35.5 Å². The molecule has 0 aromatic rings. The SMILES string of the molecule is CC1CCC2CCCCC2C1CC1CCC[C@]2(O[C@@H]3CCCN[C@H]3[C@H]2C)[C@@H]1C. The molecule has 160 valence electrons. The maximum absolute atomic E-state index is 7.01. The van der Waals surface area contributed by atoms with E-state index in [-0.39, 0.29) is 5.60 Å². The molecule has 0 bridgehead atoms. The number of piperidine rings is 1. The molecular formula is C26H45NO. The zero-order valence-electron chi connectivity index (χ0n) is 18.8. The summed E-state index contributed by atoms with van der Waals surface area (Å²) >= 11 is 0. The molecule has 0 radical (unpaired) electrons. The molecular weight excluding hydrogens is 342 g/mol. The zero-order valence-corrected chi connectivity index (χ0v) is 18.8. The molecule has 5 fully saturated rings. The second-order valence-corrected chi connectivity index (χ2v) is 11.6. The van der Waals surface area contributed by atoms with E-state index < -0.39 is 0 Å². The van der Waals surface area contributed by atoms with Gasteiger partial charge in [-0.1, -0.05) is 52.9 Å². The predicted molar refractivity (Wildman–Crippen MR) is 116 cm³/mol. The van der Waals surface area contributed by atoms with Crippen LogP contribution in [0, 0.1) is 41.4 Å². The Morgan fingerprint density at radius 3 is 2.57 bits per heavy atom. The van der Waals surface area contributed by atoms with Crippen molar-refractivity contribution in [2.24, 2.45) is 41.4 Å². The van der Waals surface area contributed by atoms with Crippen molar-refractivity contribution in [1.29, 1.82) is 0 Å². The first-order chi connectivity index (χ1) is 13.6. The highest BCUT2D eigenvalue weighted by Gasteiger charge is 2.58. The predicted octanol–water partition coefficient (Wildman–Crippen LogP) is 6.19. The molecule has 2 aliphatic heterocycles. The monoisotopic (exact) mass is 387 g/mol. The van der Waals surface area contributed by atoms with Gasteiger partial charge in [-0.05, 0) is 87.0 Å². The van der Waals surface area contributed by atoms with Crippen molar-refractivity contribution >= 4 is 0 Å². The van der Waals surface area contributed by atoms with Gasteiger partial charge in [0, 0.05) is 12.0 Å². The number of fused-ring (bicyclic) bond motifs is 2. The lowest BCUT2D eigenvalue weighted by atomic mass is 9.56. The van der Waals surface area contributed by atoms with E-state index in [1.165, 1.54) is 83.6 Å². The van der Waals surface area contributed by atoms with Crippen LogP contribution < -0.4 is 5.32 Å². The minimum absolute atomic E-state index is 0.166. The van der Waals surface area contributed by atoms with Gasteiger partial charge in [0.15, 0.2) is 0 Å². The molecule has 2 nitrogen and oxygen atoms in total. The van der Waals surface area contributed by atoms with Crippen molar-refractivity contribution in [3.63, 3.8) is 0 Å². The van der Waals surface area contributed by atoms with Crippen LogP contribution in [-0.4, -0.2) is 24.3 Å². The van der Waals surface area contributed by atoms with Crippen molar-refractivity contribution in [2.45, 2.75) is 116 Å². The summed E-state index contributed by atoms with van der Waals surface area (Å²) < 4.78 is 7.01. The van der Waals surface area contributed by atoms with Crippen LogP contribution in [0.25, 0.3) is 0 Å². The van der Waals surface area contributed by atoms with Gasteiger partial charge < -0.3 is 10.1 Å². The van der Waals surface area contributed by atoms with E-state index in [4.69, 9.17) is 4.74 Å². The van der Waals surface area contributed by atoms with E-state index in [2.05, 4.69) is 26.1 Å². The molecule has 1 spiro atoms. The molecule has 0 aromatic heterocycles. The third-order valence-corrected chi connectivity index (χ3v) is 10.6. The summed E-state index contributed by atoms with van der Waals surface area (Å²) in [5, 5.41) is 3.84. The van der Waals surface area contributed by atoms with Crippen molar-refractivity contribution < 1.29 is 4.74 Å². The fourth-order valence-electron chi connectivity index (χ4n) is 8.88. The average molecular weight is 388 g/mol. The van der Waals surface area contributed by atoms with Gasteiger partial charge in [-0.3, -0.25) is 0 Å². The maximum Gasteiger partial charge on any atom is 0.0756 e. The summed E-state index contributed by atoms with van der Waals surface area (Å²) in [4.78, 5) is 0. The second kappa shape index (κ2) is 7.88. The Hall–Kier alpha value is -0.0800. The number of ether oxygens (including phenoxy) is 1. The molecule has 3 saturated carbocycles. The molecule has 5 aliphatic rings. The molecule has 5 unspecified atom stereocenters. The van der Waals surface area contributed by atoms with Crippen LogP contribution in [0.15, 0.2) is 0 Å². The van der Waals surface area contributed by atoms with E-state index >= 15 is 0 Å². The van der Waals surface area contributed by atoms with Crippen LogP contribution in [0.3, 0.4) is 0 Å². The normalized spacial score (nSPS) is 54.3. The number of nitrogens with one attached hydrogen (secondary N) is 1. The van der Waals surface area contributed by atoms with Crippen molar-refractivity contribution in [1.82, 2.24) is 5.32 Å². The van der Waals surface area contributed by atoms with Gasteiger partial charge in [-0.2, -0.15) is 0 Å². The van der Waals surface area contributed by atoms with Gasteiger partial charge in [-0.15, -0.1) is 0 Å². The third kappa shape index (κ3) is 3.20. The Morgan fingerprint density at radius 2 is 1.71 bits per heavy atom. The lowest BCUT2D eigenvalue weighted by molar-refractivity contribution is -0.135. The molecule has 28 heavy (non-hydrogen) atoms. The lowest BCUT2D eigenvalue weighted by Crippen LogP contribution is -2.51. The first-order valence-electron chi connectivity index (χ1n) is 13.0. The molecule has 10 atom stereocenters. The fourth-order valence-corrected chi connectivity index (χ4v) is 8.88. The van der Waals surface area contributed by atoms with E-state index in [1.54, 1.807) is 0 Å². The Morgan fingerprint density at radius 1 is 0.857 bits per heavy atom. The van der Waals surface area contributed by atoms with Crippen LogP contribution in [0.5, 0.6) is 0 Å². The maximum atomic E-state index is 7.01. The quantitative estimate of drug-likeness (QED) is 0.610. The summed E-state index contributed by atoms with van der Waals surface area (Å²) in [5.41, 5.74) is 0.166. The Bertz CT molecular complexity index is 549. The number of rotatable bonds is 2. The van der Waals surface area contributed by atoms with E-state index in [1.807, 2.05) is 0 Å². The molecule has 5 rings (SSSR count). The molecule has 3 aliphatic carbocycles. The minimum Gasteiger partial charge on any atom is -0.370 e. The summed E-state index contributed by atoms with van der Waals surface area (Å²) in [7, 11) is 0. The van der Waals surface area contributed by atoms with Crippen LogP contribution in [0.1, 0.15) is 97.8 Å². The largest absolute Gasteiger partial charge is 0.370 e. The van der Waals surface area contributed by atoms with Gasteiger partial charge in [0.05, 0.1) is 11.7 Å². The summed E-state index contributed by atoms with van der Waals surface area (Å²) in [5.74, 6) is 6.38. The van der Waals surface area contributed by atoms with Crippen LogP contribution in [0.2, 0.25) is 0 Å². The second-order valence-electron chi connectivity index (χ2n) is 11.6. The summed E-state index contributed by atoms with van der Waals surface area (Å²) in [6, 6.07) is 0.617. The van der Waals surface area contributed by atoms with Gasteiger partial charge in [-0.25, -0.2) is 0 Å².